The van der Waals surface area contributed by atoms with Crippen LogP contribution < -0.4 is 5.32 Å². The Hall–Kier alpha value is -0.900. The van der Waals surface area contributed by atoms with Gasteiger partial charge >= 0.3 is 0 Å². The molecule has 1 aliphatic carbocycles. The standard InChI is InChI=1S/C9H15NO3/c1-6(11)9(13)10-7-2-4-8(12)5-3-7/h7-8,12H,2-5H2,1H3,(H,10,13)/t7-,8-. The van der Waals surface area contributed by atoms with Crippen molar-refractivity contribution in [2.24, 2.45) is 0 Å². The molecule has 0 unspecified atom stereocenters. The van der Waals surface area contributed by atoms with E-state index < -0.39 is 11.7 Å². The number of hydrogen-bond acceptors (Lipinski definition) is 3. The molecule has 0 radical (unpaired) electrons. The number of carbonyl (C=O) groups is 2. The zero-order chi connectivity index (χ0) is 9.84. The zero-order valence-electron chi connectivity index (χ0n) is 7.75. The fourth-order valence-electron chi connectivity index (χ4n) is 1.51. The van der Waals surface area contributed by atoms with Crippen LogP contribution in [-0.2, 0) is 9.59 Å². The van der Waals surface area contributed by atoms with E-state index in [1.165, 1.54) is 6.92 Å². The molecule has 0 aromatic heterocycles. The maximum atomic E-state index is 11.0. The highest BCUT2D eigenvalue weighted by atomic mass is 16.3. The first kappa shape index (κ1) is 10.2. The molecule has 1 amide bonds. The van der Waals surface area contributed by atoms with Crippen molar-refractivity contribution in [2.75, 3.05) is 0 Å². The molecule has 0 spiro atoms. The smallest absolute Gasteiger partial charge is 0.287 e. The van der Waals surface area contributed by atoms with Gasteiger partial charge in [-0.3, -0.25) is 9.59 Å². The average Bonchev–Trinajstić information content (AvgIpc) is 2.08. The third-order valence-electron chi connectivity index (χ3n) is 2.35. The molecule has 0 aromatic rings. The number of carbonyl (C=O) groups excluding carboxylic acids is 2. The number of amides is 1. The van der Waals surface area contributed by atoms with E-state index in [2.05, 4.69) is 5.32 Å². The topological polar surface area (TPSA) is 66.4 Å². The molecule has 0 saturated heterocycles. The van der Waals surface area contributed by atoms with E-state index in [0.717, 1.165) is 12.8 Å². The number of aliphatic hydroxyl groups is 1. The molecule has 0 aromatic carbocycles. The van der Waals surface area contributed by atoms with Crippen LogP contribution in [-0.4, -0.2) is 28.9 Å². The van der Waals surface area contributed by atoms with Gasteiger partial charge in [0.05, 0.1) is 6.10 Å². The summed E-state index contributed by atoms with van der Waals surface area (Å²) < 4.78 is 0. The van der Waals surface area contributed by atoms with E-state index >= 15 is 0 Å². The van der Waals surface area contributed by atoms with Gasteiger partial charge in [0.1, 0.15) is 0 Å². The van der Waals surface area contributed by atoms with Gasteiger partial charge in [0, 0.05) is 13.0 Å². The van der Waals surface area contributed by atoms with Gasteiger partial charge in [0.25, 0.3) is 5.91 Å². The second kappa shape index (κ2) is 4.37. The number of ketones is 1. The van der Waals surface area contributed by atoms with E-state index in [0.29, 0.717) is 12.8 Å². The fraction of sp³-hybridized carbons (Fsp3) is 0.778. The van der Waals surface area contributed by atoms with Gasteiger partial charge in [-0.1, -0.05) is 0 Å². The summed E-state index contributed by atoms with van der Waals surface area (Å²) >= 11 is 0. The molecule has 0 heterocycles. The van der Waals surface area contributed by atoms with Crippen LogP contribution in [0.5, 0.6) is 0 Å². The van der Waals surface area contributed by atoms with Gasteiger partial charge < -0.3 is 10.4 Å². The van der Waals surface area contributed by atoms with Crippen molar-refractivity contribution in [1.29, 1.82) is 0 Å². The largest absolute Gasteiger partial charge is 0.393 e. The van der Waals surface area contributed by atoms with Crippen LogP contribution in [0.15, 0.2) is 0 Å². The highest BCUT2D eigenvalue weighted by Gasteiger charge is 2.21. The zero-order valence-corrected chi connectivity index (χ0v) is 7.75. The minimum Gasteiger partial charge on any atom is -0.393 e. The Morgan fingerprint density at radius 2 is 1.77 bits per heavy atom. The molecule has 13 heavy (non-hydrogen) atoms. The molecule has 4 heteroatoms. The maximum Gasteiger partial charge on any atom is 0.287 e. The monoisotopic (exact) mass is 185 g/mol. The number of Topliss-reactive ketones (excluding diaryl/α,β-unsaturated/α-hetero) is 1. The minimum absolute atomic E-state index is 0.0693. The van der Waals surface area contributed by atoms with Crippen molar-refractivity contribution in [3.63, 3.8) is 0 Å². The van der Waals surface area contributed by atoms with Crippen LogP contribution in [0, 0.1) is 0 Å². The lowest BCUT2D eigenvalue weighted by Crippen LogP contribution is -2.41. The Balaban J connectivity index is 2.30. The van der Waals surface area contributed by atoms with Gasteiger partial charge in [-0.05, 0) is 25.7 Å². The molecule has 4 nitrogen and oxygen atoms in total. The molecule has 0 atom stereocenters. The molecule has 0 bridgehead atoms. The lowest BCUT2D eigenvalue weighted by Gasteiger charge is -2.25. The van der Waals surface area contributed by atoms with Crippen molar-refractivity contribution in [2.45, 2.75) is 44.8 Å². The Kier molecular flexibility index (Phi) is 3.42. The quantitative estimate of drug-likeness (QED) is 0.595. The third-order valence-corrected chi connectivity index (χ3v) is 2.35. The van der Waals surface area contributed by atoms with E-state index in [1.807, 2.05) is 0 Å². The van der Waals surface area contributed by atoms with Crippen molar-refractivity contribution in [3.8, 4) is 0 Å². The SMILES string of the molecule is CC(=O)C(=O)N[C@H]1CC[C@H](O)CC1. The first-order valence-corrected chi connectivity index (χ1v) is 4.59. The Bertz CT molecular complexity index is 207. The van der Waals surface area contributed by atoms with Crippen LogP contribution >= 0.6 is 0 Å². The van der Waals surface area contributed by atoms with Gasteiger partial charge in [-0.2, -0.15) is 0 Å². The first-order valence-electron chi connectivity index (χ1n) is 4.59. The van der Waals surface area contributed by atoms with Crippen molar-refractivity contribution in [3.05, 3.63) is 0 Å². The van der Waals surface area contributed by atoms with Crippen molar-refractivity contribution in [1.82, 2.24) is 5.32 Å². The summed E-state index contributed by atoms with van der Waals surface area (Å²) in [5, 5.41) is 11.8. The normalized spacial score (nSPS) is 28.2. The second-order valence-corrected chi connectivity index (χ2v) is 3.54. The summed E-state index contributed by atoms with van der Waals surface area (Å²) in [7, 11) is 0. The third kappa shape index (κ3) is 3.14. The molecule has 2 N–H and O–H groups in total. The summed E-state index contributed by atoms with van der Waals surface area (Å²) in [4.78, 5) is 21.6. The predicted molar refractivity (Wildman–Crippen MR) is 47.1 cm³/mol. The molecule has 1 rings (SSSR count). The Labute approximate surface area is 77.3 Å². The highest BCUT2D eigenvalue weighted by molar-refractivity contribution is 6.35. The van der Waals surface area contributed by atoms with Crippen LogP contribution in [0.25, 0.3) is 0 Å². The number of aliphatic hydroxyl groups excluding tert-OH is 1. The first-order chi connectivity index (χ1) is 6.09. The average molecular weight is 185 g/mol. The Morgan fingerprint density at radius 3 is 2.23 bits per heavy atom. The van der Waals surface area contributed by atoms with Gasteiger partial charge in [-0.15, -0.1) is 0 Å². The Morgan fingerprint density at radius 1 is 1.23 bits per heavy atom. The van der Waals surface area contributed by atoms with Crippen molar-refractivity contribution < 1.29 is 14.7 Å². The van der Waals surface area contributed by atoms with E-state index in [4.69, 9.17) is 0 Å². The molecular formula is C9H15NO3. The summed E-state index contributed by atoms with van der Waals surface area (Å²) in [6, 6.07) is 0.0693. The molecular weight excluding hydrogens is 170 g/mol. The minimum atomic E-state index is -0.513. The van der Waals surface area contributed by atoms with Crippen molar-refractivity contribution >= 4 is 11.7 Å². The molecule has 0 aliphatic heterocycles. The van der Waals surface area contributed by atoms with Crippen LogP contribution in [0.3, 0.4) is 0 Å². The van der Waals surface area contributed by atoms with E-state index in [-0.39, 0.29) is 12.1 Å². The van der Waals surface area contributed by atoms with Crippen LogP contribution in [0.4, 0.5) is 0 Å². The number of hydrogen-bond donors (Lipinski definition) is 2. The molecule has 74 valence electrons. The summed E-state index contributed by atoms with van der Waals surface area (Å²) in [6.45, 7) is 1.26. The second-order valence-electron chi connectivity index (χ2n) is 3.54. The summed E-state index contributed by atoms with van der Waals surface area (Å²) in [5.74, 6) is -0.965. The summed E-state index contributed by atoms with van der Waals surface area (Å²) in [6.07, 6.45) is 2.72. The number of rotatable bonds is 2. The fourth-order valence-corrected chi connectivity index (χ4v) is 1.51. The van der Waals surface area contributed by atoms with Gasteiger partial charge in [-0.25, -0.2) is 0 Å². The molecule has 1 saturated carbocycles. The van der Waals surface area contributed by atoms with Crippen LogP contribution in [0.1, 0.15) is 32.6 Å². The van der Waals surface area contributed by atoms with Gasteiger partial charge in [0.2, 0.25) is 5.78 Å². The lowest BCUT2D eigenvalue weighted by molar-refractivity contribution is -0.137. The molecule has 1 aliphatic rings. The molecule has 1 fully saturated rings. The van der Waals surface area contributed by atoms with E-state index in [9.17, 15) is 14.7 Å². The van der Waals surface area contributed by atoms with E-state index in [1.54, 1.807) is 0 Å². The summed E-state index contributed by atoms with van der Waals surface area (Å²) in [5.41, 5.74) is 0. The lowest BCUT2D eigenvalue weighted by atomic mass is 9.93. The highest BCUT2D eigenvalue weighted by Crippen LogP contribution is 2.17. The predicted octanol–water partition coefficient (Wildman–Crippen LogP) is -0.00490. The maximum absolute atomic E-state index is 11.0. The van der Waals surface area contributed by atoms with Gasteiger partial charge in [0.15, 0.2) is 0 Å². The number of nitrogens with one attached hydrogen (secondary N) is 1. The van der Waals surface area contributed by atoms with Crippen LogP contribution in [0.2, 0.25) is 0 Å².